The van der Waals surface area contributed by atoms with Gasteiger partial charge >= 0.3 is 6.03 Å². The van der Waals surface area contributed by atoms with Crippen molar-refractivity contribution in [2.75, 3.05) is 19.0 Å². The Morgan fingerprint density at radius 2 is 1.65 bits per heavy atom. The molecular weight excluding hydrogens is 252 g/mol. The molecule has 4 nitrogen and oxygen atoms in total. The van der Waals surface area contributed by atoms with Crippen molar-refractivity contribution in [1.29, 1.82) is 0 Å². The Hall–Kier alpha value is -2.33. The highest BCUT2D eigenvalue weighted by atomic mass is 16.7. The van der Waals surface area contributed by atoms with Gasteiger partial charge in [0.15, 0.2) is 0 Å². The molecule has 0 aliphatic rings. The molecule has 4 heteroatoms. The molecule has 0 aliphatic heterocycles. The summed E-state index contributed by atoms with van der Waals surface area (Å²) in [7, 11) is 1.60. The van der Waals surface area contributed by atoms with Gasteiger partial charge in [0.2, 0.25) is 0 Å². The predicted molar refractivity (Wildman–Crippen MR) is 79.3 cm³/mol. The lowest BCUT2D eigenvalue weighted by Crippen LogP contribution is -2.32. The number of urea groups is 1. The molecule has 0 heterocycles. The van der Waals surface area contributed by atoms with Crippen LogP contribution in [0.2, 0.25) is 0 Å². The lowest BCUT2D eigenvalue weighted by atomic mass is 10.2. The van der Waals surface area contributed by atoms with E-state index in [1.54, 1.807) is 7.05 Å². The summed E-state index contributed by atoms with van der Waals surface area (Å²) in [5.74, 6) is 0. The van der Waals surface area contributed by atoms with Crippen LogP contribution in [0.5, 0.6) is 0 Å². The first-order valence-electron chi connectivity index (χ1n) is 6.52. The number of amides is 2. The molecule has 20 heavy (non-hydrogen) atoms. The molecule has 0 saturated heterocycles. The summed E-state index contributed by atoms with van der Waals surface area (Å²) < 4.78 is 0. The first-order valence-corrected chi connectivity index (χ1v) is 6.52. The van der Waals surface area contributed by atoms with E-state index in [0.717, 1.165) is 12.1 Å². The lowest BCUT2D eigenvalue weighted by molar-refractivity contribution is -0.0926. The highest BCUT2D eigenvalue weighted by Crippen LogP contribution is 2.06. The number of anilines is 1. The van der Waals surface area contributed by atoms with Gasteiger partial charge in [0.1, 0.15) is 0 Å². The Balaban J connectivity index is 1.74. The standard InChI is InChI=1S/C16H18N2O2/c1-18(16(19)17-15-10-6-3-7-11-15)20-13-12-14-8-4-2-5-9-14/h2-11H,12-13H2,1H3,(H,17,19). The second kappa shape index (κ2) is 7.31. The van der Waals surface area contributed by atoms with E-state index in [2.05, 4.69) is 5.32 Å². The Bertz CT molecular complexity index is 529. The normalized spacial score (nSPS) is 10.1. The number of nitrogens with one attached hydrogen (secondary N) is 1. The molecule has 2 aromatic carbocycles. The number of hydrogen-bond acceptors (Lipinski definition) is 2. The van der Waals surface area contributed by atoms with Crippen LogP contribution in [-0.4, -0.2) is 24.7 Å². The average Bonchev–Trinajstić information content (AvgIpc) is 2.49. The number of hydroxylamine groups is 2. The van der Waals surface area contributed by atoms with Gasteiger partial charge in [-0.2, -0.15) is 0 Å². The molecule has 2 rings (SSSR count). The maximum absolute atomic E-state index is 11.8. The van der Waals surface area contributed by atoms with Gasteiger partial charge in [-0.3, -0.25) is 4.84 Å². The number of carbonyl (C=O) groups excluding carboxylic acids is 1. The summed E-state index contributed by atoms with van der Waals surface area (Å²) in [6.07, 6.45) is 0.768. The van der Waals surface area contributed by atoms with Gasteiger partial charge in [-0.05, 0) is 24.1 Å². The molecule has 0 fully saturated rings. The van der Waals surface area contributed by atoms with E-state index in [1.807, 2.05) is 60.7 Å². The van der Waals surface area contributed by atoms with Crippen molar-refractivity contribution in [3.8, 4) is 0 Å². The van der Waals surface area contributed by atoms with Crippen molar-refractivity contribution in [2.24, 2.45) is 0 Å². The molecule has 0 bridgehead atoms. The molecule has 104 valence electrons. The zero-order valence-corrected chi connectivity index (χ0v) is 11.5. The fourth-order valence-corrected chi connectivity index (χ4v) is 1.73. The fraction of sp³-hybridized carbons (Fsp3) is 0.188. The molecule has 0 radical (unpaired) electrons. The molecule has 0 saturated carbocycles. The Labute approximate surface area is 118 Å². The summed E-state index contributed by atoms with van der Waals surface area (Å²) in [5, 5.41) is 3.97. The topological polar surface area (TPSA) is 41.6 Å². The van der Waals surface area contributed by atoms with Crippen LogP contribution in [-0.2, 0) is 11.3 Å². The Morgan fingerprint density at radius 1 is 1.05 bits per heavy atom. The summed E-state index contributed by atoms with van der Waals surface area (Å²) in [6, 6.07) is 19.0. The van der Waals surface area contributed by atoms with Crippen molar-refractivity contribution in [2.45, 2.75) is 6.42 Å². The van der Waals surface area contributed by atoms with Gasteiger partial charge in [-0.15, -0.1) is 0 Å². The summed E-state index contributed by atoms with van der Waals surface area (Å²) in [6.45, 7) is 0.461. The highest BCUT2D eigenvalue weighted by molar-refractivity contribution is 5.88. The first-order chi connectivity index (χ1) is 9.75. The second-order valence-corrected chi connectivity index (χ2v) is 4.36. The van der Waals surface area contributed by atoms with E-state index in [4.69, 9.17) is 4.84 Å². The van der Waals surface area contributed by atoms with E-state index in [9.17, 15) is 4.79 Å². The minimum atomic E-state index is -0.288. The van der Waals surface area contributed by atoms with Gasteiger partial charge in [0.05, 0.1) is 6.61 Å². The van der Waals surface area contributed by atoms with Gasteiger partial charge in [-0.25, -0.2) is 9.86 Å². The molecular formula is C16H18N2O2. The molecule has 0 unspecified atom stereocenters. The van der Waals surface area contributed by atoms with Crippen LogP contribution in [0.3, 0.4) is 0 Å². The van der Waals surface area contributed by atoms with Crippen LogP contribution in [0.1, 0.15) is 5.56 Å². The van der Waals surface area contributed by atoms with Gasteiger partial charge in [-0.1, -0.05) is 48.5 Å². The fourth-order valence-electron chi connectivity index (χ4n) is 1.73. The molecule has 0 aliphatic carbocycles. The number of benzene rings is 2. The van der Waals surface area contributed by atoms with Crippen LogP contribution in [0.25, 0.3) is 0 Å². The summed E-state index contributed by atoms with van der Waals surface area (Å²) >= 11 is 0. The largest absolute Gasteiger partial charge is 0.345 e. The predicted octanol–water partition coefficient (Wildman–Crippen LogP) is 3.32. The van der Waals surface area contributed by atoms with Crippen LogP contribution < -0.4 is 5.32 Å². The number of carbonyl (C=O) groups is 1. The van der Waals surface area contributed by atoms with Crippen molar-refractivity contribution < 1.29 is 9.63 Å². The van der Waals surface area contributed by atoms with Crippen LogP contribution in [0.4, 0.5) is 10.5 Å². The molecule has 0 aromatic heterocycles. The zero-order chi connectivity index (χ0) is 14.2. The maximum Gasteiger partial charge on any atom is 0.345 e. The molecule has 2 aromatic rings. The number of hydrogen-bond donors (Lipinski definition) is 1. The van der Waals surface area contributed by atoms with E-state index in [0.29, 0.717) is 6.61 Å². The minimum Gasteiger partial charge on any atom is -0.306 e. The van der Waals surface area contributed by atoms with E-state index in [-0.39, 0.29) is 6.03 Å². The van der Waals surface area contributed by atoms with Gasteiger partial charge in [0, 0.05) is 12.7 Å². The molecule has 0 atom stereocenters. The third kappa shape index (κ3) is 4.40. The number of nitrogens with zero attached hydrogens (tertiary/aromatic N) is 1. The third-order valence-electron chi connectivity index (χ3n) is 2.83. The Morgan fingerprint density at radius 3 is 2.30 bits per heavy atom. The SMILES string of the molecule is CN(OCCc1ccccc1)C(=O)Nc1ccccc1. The summed E-state index contributed by atoms with van der Waals surface area (Å²) in [4.78, 5) is 17.2. The smallest absolute Gasteiger partial charge is 0.306 e. The minimum absolute atomic E-state index is 0.288. The Kier molecular flexibility index (Phi) is 5.15. The van der Waals surface area contributed by atoms with E-state index >= 15 is 0 Å². The average molecular weight is 270 g/mol. The maximum atomic E-state index is 11.8. The number of rotatable bonds is 5. The van der Waals surface area contributed by atoms with Crippen molar-refractivity contribution >= 4 is 11.7 Å². The zero-order valence-electron chi connectivity index (χ0n) is 11.5. The second-order valence-electron chi connectivity index (χ2n) is 4.36. The third-order valence-corrected chi connectivity index (χ3v) is 2.83. The highest BCUT2D eigenvalue weighted by Gasteiger charge is 2.08. The number of para-hydroxylation sites is 1. The van der Waals surface area contributed by atoms with Crippen LogP contribution in [0.15, 0.2) is 60.7 Å². The van der Waals surface area contributed by atoms with Gasteiger partial charge < -0.3 is 5.32 Å². The van der Waals surface area contributed by atoms with Crippen molar-refractivity contribution in [3.63, 3.8) is 0 Å². The molecule has 2 amide bonds. The van der Waals surface area contributed by atoms with Gasteiger partial charge in [0.25, 0.3) is 0 Å². The molecule has 1 N–H and O–H groups in total. The van der Waals surface area contributed by atoms with Crippen LogP contribution in [0, 0.1) is 0 Å². The van der Waals surface area contributed by atoms with Crippen LogP contribution >= 0.6 is 0 Å². The quantitative estimate of drug-likeness (QED) is 0.847. The molecule has 0 spiro atoms. The first kappa shape index (κ1) is 14.1. The van der Waals surface area contributed by atoms with E-state index < -0.39 is 0 Å². The monoisotopic (exact) mass is 270 g/mol. The van der Waals surface area contributed by atoms with Crippen molar-refractivity contribution in [3.05, 3.63) is 66.2 Å². The lowest BCUT2D eigenvalue weighted by Gasteiger charge is -2.17. The van der Waals surface area contributed by atoms with Crippen molar-refractivity contribution in [1.82, 2.24) is 5.06 Å². The van der Waals surface area contributed by atoms with E-state index in [1.165, 1.54) is 10.6 Å². The summed E-state index contributed by atoms with van der Waals surface area (Å²) in [5.41, 5.74) is 1.93.